The smallest absolute Gasteiger partial charge is 0.246 e. The first-order valence-corrected chi connectivity index (χ1v) is 9.70. The van der Waals surface area contributed by atoms with Crippen LogP contribution in [0.4, 0.5) is 0 Å². The van der Waals surface area contributed by atoms with Crippen LogP contribution in [0.25, 0.3) is 0 Å². The Kier molecular flexibility index (Phi) is 5.52. The summed E-state index contributed by atoms with van der Waals surface area (Å²) in [5.74, 6) is 1.60. The van der Waals surface area contributed by atoms with Crippen LogP contribution < -0.4 is 14.8 Å². The molecule has 3 heterocycles. The molecule has 3 aliphatic heterocycles. The van der Waals surface area contributed by atoms with Crippen molar-refractivity contribution >= 4 is 5.91 Å². The molecule has 1 atom stereocenters. The molecular formula is C20H28N2O5. The van der Waals surface area contributed by atoms with Gasteiger partial charge in [-0.25, -0.2) is 0 Å². The molecule has 7 nitrogen and oxygen atoms in total. The van der Waals surface area contributed by atoms with E-state index in [0.717, 1.165) is 56.8 Å². The van der Waals surface area contributed by atoms with Gasteiger partial charge in [-0.2, -0.15) is 0 Å². The predicted molar refractivity (Wildman–Crippen MR) is 98.8 cm³/mol. The molecule has 2 fully saturated rings. The van der Waals surface area contributed by atoms with Crippen molar-refractivity contribution in [3.63, 3.8) is 0 Å². The second kappa shape index (κ2) is 8.04. The molecule has 0 radical (unpaired) electrons. The van der Waals surface area contributed by atoms with E-state index in [1.165, 1.54) is 12.7 Å². The molecule has 1 amide bonds. The van der Waals surface area contributed by atoms with Crippen molar-refractivity contribution in [3.05, 3.63) is 23.8 Å². The van der Waals surface area contributed by atoms with Crippen LogP contribution >= 0.6 is 0 Å². The summed E-state index contributed by atoms with van der Waals surface area (Å²) in [6.45, 7) is 3.96. The number of hydrogen-bond acceptors (Lipinski definition) is 6. The highest BCUT2D eigenvalue weighted by molar-refractivity contribution is 5.77. The molecule has 0 bridgehead atoms. The minimum absolute atomic E-state index is 0.0119. The number of piperidine rings is 1. The average Bonchev–Trinajstić information content (AvgIpc) is 3.29. The van der Waals surface area contributed by atoms with Crippen LogP contribution in [0.5, 0.6) is 11.5 Å². The molecule has 7 heteroatoms. The number of rotatable bonds is 6. The molecule has 1 aromatic carbocycles. The van der Waals surface area contributed by atoms with Crippen molar-refractivity contribution in [1.82, 2.24) is 10.2 Å². The maximum atomic E-state index is 11.5. The Morgan fingerprint density at radius 1 is 1.26 bits per heavy atom. The van der Waals surface area contributed by atoms with Gasteiger partial charge in [0.2, 0.25) is 12.7 Å². The zero-order valence-electron chi connectivity index (χ0n) is 15.9. The van der Waals surface area contributed by atoms with Gasteiger partial charge in [0, 0.05) is 33.3 Å². The SMILES string of the molecule is COCC(=O)NCC1CCC2(CCN(Cc3ccc4c(c3)OCO4)CC2)O1. The number of amides is 1. The van der Waals surface area contributed by atoms with Gasteiger partial charge in [0.05, 0.1) is 11.7 Å². The number of methoxy groups -OCH3 is 1. The molecule has 0 aliphatic carbocycles. The molecule has 0 aromatic heterocycles. The summed E-state index contributed by atoms with van der Waals surface area (Å²) in [6, 6.07) is 6.19. The Labute approximate surface area is 159 Å². The van der Waals surface area contributed by atoms with Crippen LogP contribution in [-0.2, 0) is 20.8 Å². The number of carbonyl (C=O) groups is 1. The van der Waals surface area contributed by atoms with E-state index in [1.807, 2.05) is 6.07 Å². The number of ether oxygens (including phenoxy) is 4. The fourth-order valence-corrected chi connectivity index (χ4v) is 4.23. The minimum atomic E-state index is -0.0828. The molecule has 4 rings (SSSR count). The molecule has 148 valence electrons. The van der Waals surface area contributed by atoms with E-state index >= 15 is 0 Å². The highest BCUT2D eigenvalue weighted by atomic mass is 16.7. The first-order chi connectivity index (χ1) is 13.2. The molecule has 1 N–H and O–H groups in total. The van der Waals surface area contributed by atoms with Crippen molar-refractivity contribution in [2.75, 3.05) is 40.1 Å². The summed E-state index contributed by atoms with van der Waals surface area (Å²) in [5, 5.41) is 2.89. The summed E-state index contributed by atoms with van der Waals surface area (Å²) in [5.41, 5.74) is 1.24. The van der Waals surface area contributed by atoms with Crippen LogP contribution in [0.2, 0.25) is 0 Å². The molecule has 1 spiro atoms. The quantitative estimate of drug-likeness (QED) is 0.815. The average molecular weight is 376 g/mol. The Bertz CT molecular complexity index is 672. The topological polar surface area (TPSA) is 69.3 Å². The molecule has 2 saturated heterocycles. The first kappa shape index (κ1) is 18.5. The molecule has 1 unspecified atom stereocenters. The summed E-state index contributed by atoms with van der Waals surface area (Å²) in [6.07, 6.45) is 4.29. The number of benzene rings is 1. The van der Waals surface area contributed by atoms with Gasteiger partial charge >= 0.3 is 0 Å². The number of nitrogens with one attached hydrogen (secondary N) is 1. The van der Waals surface area contributed by atoms with Gasteiger partial charge in [-0.3, -0.25) is 9.69 Å². The van der Waals surface area contributed by atoms with Crippen LogP contribution in [0.15, 0.2) is 18.2 Å². The van der Waals surface area contributed by atoms with Crippen LogP contribution in [-0.4, -0.2) is 62.7 Å². The zero-order chi connectivity index (χ0) is 18.7. The van der Waals surface area contributed by atoms with Crippen LogP contribution in [0.3, 0.4) is 0 Å². The number of hydrogen-bond donors (Lipinski definition) is 1. The van der Waals surface area contributed by atoms with Gasteiger partial charge in [0.15, 0.2) is 11.5 Å². The molecule has 3 aliphatic rings. The largest absolute Gasteiger partial charge is 0.454 e. The summed E-state index contributed by atoms with van der Waals surface area (Å²) < 4.78 is 22.1. The van der Waals surface area contributed by atoms with E-state index in [2.05, 4.69) is 22.3 Å². The van der Waals surface area contributed by atoms with E-state index in [1.54, 1.807) is 0 Å². The highest BCUT2D eigenvalue weighted by Gasteiger charge is 2.42. The lowest BCUT2D eigenvalue weighted by atomic mass is 9.88. The maximum Gasteiger partial charge on any atom is 0.246 e. The summed E-state index contributed by atoms with van der Waals surface area (Å²) in [4.78, 5) is 14.0. The highest BCUT2D eigenvalue weighted by Crippen LogP contribution is 2.39. The Hall–Kier alpha value is -1.83. The molecule has 27 heavy (non-hydrogen) atoms. The molecule has 1 aromatic rings. The minimum Gasteiger partial charge on any atom is -0.454 e. The Morgan fingerprint density at radius 2 is 2.07 bits per heavy atom. The summed E-state index contributed by atoms with van der Waals surface area (Å²) >= 11 is 0. The molecule has 0 saturated carbocycles. The number of carbonyl (C=O) groups excluding carboxylic acids is 1. The number of likely N-dealkylation sites (tertiary alicyclic amines) is 1. The van der Waals surface area contributed by atoms with E-state index in [9.17, 15) is 4.79 Å². The molecular weight excluding hydrogens is 348 g/mol. The number of fused-ring (bicyclic) bond motifs is 1. The van der Waals surface area contributed by atoms with Crippen molar-refractivity contribution in [2.24, 2.45) is 0 Å². The summed E-state index contributed by atoms with van der Waals surface area (Å²) in [7, 11) is 1.53. The van der Waals surface area contributed by atoms with Gasteiger partial charge in [-0.1, -0.05) is 6.07 Å². The van der Waals surface area contributed by atoms with Gasteiger partial charge < -0.3 is 24.3 Å². The van der Waals surface area contributed by atoms with E-state index in [4.69, 9.17) is 18.9 Å². The van der Waals surface area contributed by atoms with Gasteiger partial charge in [0.1, 0.15) is 6.61 Å². The lowest BCUT2D eigenvalue weighted by Gasteiger charge is -2.39. The van der Waals surface area contributed by atoms with Crippen molar-refractivity contribution in [1.29, 1.82) is 0 Å². The second-order valence-electron chi connectivity index (χ2n) is 7.66. The second-order valence-corrected chi connectivity index (χ2v) is 7.66. The number of nitrogens with zero attached hydrogens (tertiary/aromatic N) is 1. The van der Waals surface area contributed by atoms with Gasteiger partial charge in [-0.05, 0) is 43.4 Å². The predicted octanol–water partition coefficient (Wildman–Crippen LogP) is 1.69. The van der Waals surface area contributed by atoms with Crippen LogP contribution in [0, 0.1) is 0 Å². The lowest BCUT2D eigenvalue weighted by Crippen LogP contribution is -2.45. The van der Waals surface area contributed by atoms with E-state index in [-0.39, 0.29) is 24.2 Å². The monoisotopic (exact) mass is 376 g/mol. The Morgan fingerprint density at radius 3 is 2.89 bits per heavy atom. The van der Waals surface area contributed by atoms with E-state index in [0.29, 0.717) is 13.3 Å². The first-order valence-electron chi connectivity index (χ1n) is 9.70. The van der Waals surface area contributed by atoms with Crippen molar-refractivity contribution in [3.8, 4) is 11.5 Å². The van der Waals surface area contributed by atoms with Crippen molar-refractivity contribution in [2.45, 2.75) is 43.9 Å². The fourth-order valence-electron chi connectivity index (χ4n) is 4.23. The third kappa shape index (κ3) is 4.36. The fraction of sp³-hybridized carbons (Fsp3) is 0.650. The third-order valence-electron chi connectivity index (χ3n) is 5.75. The van der Waals surface area contributed by atoms with Crippen molar-refractivity contribution < 1.29 is 23.7 Å². The van der Waals surface area contributed by atoms with Gasteiger partial charge in [0.25, 0.3) is 0 Å². The van der Waals surface area contributed by atoms with Crippen LogP contribution in [0.1, 0.15) is 31.2 Å². The maximum absolute atomic E-state index is 11.5. The van der Waals surface area contributed by atoms with Gasteiger partial charge in [-0.15, -0.1) is 0 Å². The third-order valence-corrected chi connectivity index (χ3v) is 5.75. The zero-order valence-corrected chi connectivity index (χ0v) is 15.9. The van der Waals surface area contributed by atoms with E-state index < -0.39 is 0 Å². The Balaban J connectivity index is 1.24. The normalized spacial score (nSPS) is 23.7. The lowest BCUT2D eigenvalue weighted by molar-refractivity contribution is -0.126. The standard InChI is InChI=1S/C20H28N2O5/c1-24-13-19(23)21-11-16-4-5-20(27-16)6-8-22(9-7-20)12-15-2-3-17-18(10-15)26-14-25-17/h2-3,10,16H,4-9,11-14H2,1H3,(H,21,23).